The van der Waals surface area contributed by atoms with E-state index < -0.39 is 17.7 Å². The van der Waals surface area contributed by atoms with Crippen molar-refractivity contribution < 1.29 is 23.8 Å². The van der Waals surface area contributed by atoms with Gasteiger partial charge in [-0.25, -0.2) is 9.59 Å². The number of carbonyl (C=O) groups excluding carboxylic acids is 2. The molecule has 2 aliphatic rings. The van der Waals surface area contributed by atoms with Gasteiger partial charge in [0.1, 0.15) is 17.9 Å². The second kappa shape index (κ2) is 9.25. The largest absolute Gasteiger partial charge is 0.487 e. The van der Waals surface area contributed by atoms with Gasteiger partial charge in [-0.2, -0.15) is 0 Å². The minimum Gasteiger partial charge on any atom is -0.487 e. The van der Waals surface area contributed by atoms with E-state index in [9.17, 15) is 9.59 Å². The molecule has 3 aromatic rings. The van der Waals surface area contributed by atoms with Crippen LogP contribution in [0, 0.1) is 7.14 Å². The molecule has 0 N–H and O–H groups in total. The molecule has 1 saturated carbocycles. The quantitative estimate of drug-likeness (QED) is 0.140. The Bertz CT molecular complexity index is 1240. The number of rotatable bonds is 4. The van der Waals surface area contributed by atoms with Gasteiger partial charge in [-0.15, -0.1) is 0 Å². The van der Waals surface area contributed by atoms with Gasteiger partial charge in [-0.05, 0) is 98.1 Å². The van der Waals surface area contributed by atoms with Gasteiger partial charge in [0.05, 0.1) is 7.14 Å². The van der Waals surface area contributed by atoms with E-state index in [0.717, 1.165) is 31.3 Å². The summed E-state index contributed by atoms with van der Waals surface area (Å²) in [6, 6.07) is 18.2. The lowest BCUT2D eigenvalue weighted by Gasteiger charge is -2.32. The summed E-state index contributed by atoms with van der Waals surface area (Å²) >= 11 is 4.42. The average Bonchev–Trinajstić information content (AvgIpc) is 3.23. The molecule has 168 valence electrons. The predicted molar refractivity (Wildman–Crippen MR) is 142 cm³/mol. The van der Waals surface area contributed by atoms with Crippen LogP contribution in [0.25, 0.3) is 16.8 Å². The molecule has 0 amide bonds. The van der Waals surface area contributed by atoms with Crippen LogP contribution in [0.2, 0.25) is 0 Å². The van der Waals surface area contributed by atoms with Gasteiger partial charge < -0.3 is 14.2 Å². The van der Waals surface area contributed by atoms with Crippen LogP contribution in [0.4, 0.5) is 0 Å². The maximum absolute atomic E-state index is 12.6. The van der Waals surface area contributed by atoms with Crippen molar-refractivity contribution in [3.05, 3.63) is 78.4 Å². The third kappa shape index (κ3) is 4.62. The Balaban J connectivity index is 1.36. The summed E-state index contributed by atoms with van der Waals surface area (Å²) in [5.41, 5.74) is 1.75. The van der Waals surface area contributed by atoms with Crippen molar-refractivity contribution >= 4 is 74.0 Å². The van der Waals surface area contributed by atoms with E-state index in [4.69, 9.17) is 14.2 Å². The van der Waals surface area contributed by atoms with E-state index in [1.807, 2.05) is 30.3 Å². The second-order valence-electron chi connectivity index (χ2n) is 8.20. The van der Waals surface area contributed by atoms with Crippen molar-refractivity contribution in [2.45, 2.75) is 38.1 Å². The fraction of sp³-hybridized carbons (Fsp3) is 0.231. The van der Waals surface area contributed by atoms with Crippen molar-refractivity contribution in [1.29, 1.82) is 0 Å². The zero-order valence-corrected chi connectivity index (χ0v) is 21.9. The molecular weight excluding hydrogens is 646 g/mol. The van der Waals surface area contributed by atoms with Gasteiger partial charge in [0.25, 0.3) is 5.79 Å². The van der Waals surface area contributed by atoms with Gasteiger partial charge in [0, 0.05) is 12.8 Å². The molecule has 3 aromatic carbocycles. The molecule has 1 aliphatic carbocycles. The van der Waals surface area contributed by atoms with Crippen LogP contribution in [0.5, 0.6) is 5.75 Å². The first-order valence-corrected chi connectivity index (χ1v) is 12.9. The van der Waals surface area contributed by atoms with Crippen molar-refractivity contribution in [3.8, 4) is 5.75 Å². The van der Waals surface area contributed by atoms with Crippen molar-refractivity contribution in [2.75, 3.05) is 0 Å². The minimum absolute atomic E-state index is 0.0800. The lowest BCUT2D eigenvalue weighted by molar-refractivity contribution is -0.232. The molecule has 5 rings (SSSR count). The molecule has 7 heteroatoms. The molecule has 0 atom stereocenters. The van der Waals surface area contributed by atoms with E-state index in [-0.39, 0.29) is 5.57 Å². The molecular formula is C26H20I2O5. The SMILES string of the molecule is O=C1OC2(CCCC2)OC(=O)C1=Cc1cc(I)c(OCc2cccc3ccccc23)c(I)c1. The highest BCUT2D eigenvalue weighted by molar-refractivity contribution is 14.1. The summed E-state index contributed by atoms with van der Waals surface area (Å²) in [6.07, 6.45) is 4.43. The number of halogens is 2. The Morgan fingerprint density at radius 1 is 0.909 bits per heavy atom. The molecule has 2 fully saturated rings. The molecule has 1 heterocycles. The number of hydrogen-bond donors (Lipinski definition) is 0. The Morgan fingerprint density at radius 3 is 2.24 bits per heavy atom. The summed E-state index contributed by atoms with van der Waals surface area (Å²) < 4.78 is 19.0. The van der Waals surface area contributed by atoms with Crippen molar-refractivity contribution in [1.82, 2.24) is 0 Å². The first-order valence-electron chi connectivity index (χ1n) is 10.7. The number of fused-ring (bicyclic) bond motifs is 1. The second-order valence-corrected chi connectivity index (χ2v) is 10.5. The zero-order valence-electron chi connectivity index (χ0n) is 17.6. The molecule has 1 spiro atoms. The van der Waals surface area contributed by atoms with Crippen LogP contribution in [-0.4, -0.2) is 17.7 Å². The summed E-state index contributed by atoms with van der Waals surface area (Å²) in [6.45, 7) is 0.439. The fourth-order valence-corrected chi connectivity index (χ4v) is 6.45. The average molecular weight is 666 g/mol. The Labute approximate surface area is 218 Å². The van der Waals surface area contributed by atoms with E-state index >= 15 is 0 Å². The lowest BCUT2D eigenvalue weighted by Crippen LogP contribution is -2.44. The summed E-state index contributed by atoms with van der Waals surface area (Å²) in [5.74, 6) is -1.53. The van der Waals surface area contributed by atoms with Gasteiger partial charge in [-0.3, -0.25) is 0 Å². The molecule has 1 saturated heterocycles. The highest BCUT2D eigenvalue weighted by atomic mass is 127. The summed E-state index contributed by atoms with van der Waals surface area (Å²) in [5, 5.41) is 2.34. The molecule has 1 aliphatic heterocycles. The smallest absolute Gasteiger partial charge is 0.348 e. The molecule has 0 radical (unpaired) electrons. The lowest BCUT2D eigenvalue weighted by atomic mass is 10.1. The van der Waals surface area contributed by atoms with E-state index in [1.54, 1.807) is 0 Å². The third-order valence-corrected chi connectivity index (χ3v) is 7.55. The van der Waals surface area contributed by atoms with Gasteiger partial charge in [0.15, 0.2) is 0 Å². The van der Waals surface area contributed by atoms with Crippen LogP contribution in [0.1, 0.15) is 36.8 Å². The summed E-state index contributed by atoms with van der Waals surface area (Å²) in [7, 11) is 0. The molecule has 5 nitrogen and oxygen atoms in total. The number of benzene rings is 3. The first-order chi connectivity index (χ1) is 15.9. The van der Waals surface area contributed by atoms with E-state index in [2.05, 4.69) is 69.4 Å². The van der Waals surface area contributed by atoms with Crippen LogP contribution < -0.4 is 4.74 Å². The van der Waals surface area contributed by atoms with Crippen molar-refractivity contribution in [2.24, 2.45) is 0 Å². The Morgan fingerprint density at radius 2 is 1.55 bits per heavy atom. The number of carbonyl (C=O) groups is 2. The monoisotopic (exact) mass is 666 g/mol. The van der Waals surface area contributed by atoms with Gasteiger partial charge >= 0.3 is 11.9 Å². The van der Waals surface area contributed by atoms with E-state index in [0.29, 0.717) is 25.0 Å². The highest BCUT2D eigenvalue weighted by Gasteiger charge is 2.47. The van der Waals surface area contributed by atoms with Crippen LogP contribution >= 0.6 is 45.2 Å². The topological polar surface area (TPSA) is 61.8 Å². The van der Waals surface area contributed by atoms with Crippen LogP contribution in [0.15, 0.2) is 60.2 Å². The molecule has 0 unspecified atom stereocenters. The molecule has 0 bridgehead atoms. The standard InChI is InChI=1S/C26H20I2O5/c27-21-13-16(12-20-24(29)32-26(33-25(20)30)10-3-4-11-26)14-22(28)23(21)31-15-18-8-5-7-17-6-1-2-9-19(17)18/h1-2,5-9,12-14H,3-4,10-11,15H2. The fourth-order valence-electron chi connectivity index (χ4n) is 4.32. The van der Waals surface area contributed by atoms with Crippen LogP contribution in [0.3, 0.4) is 0 Å². The van der Waals surface area contributed by atoms with Crippen LogP contribution in [-0.2, 0) is 25.7 Å². The van der Waals surface area contributed by atoms with E-state index in [1.165, 1.54) is 16.8 Å². The van der Waals surface area contributed by atoms with Crippen molar-refractivity contribution in [3.63, 3.8) is 0 Å². The van der Waals surface area contributed by atoms with Gasteiger partial charge in [-0.1, -0.05) is 42.5 Å². The number of ether oxygens (including phenoxy) is 3. The number of hydrogen-bond acceptors (Lipinski definition) is 5. The Kier molecular flexibility index (Phi) is 6.34. The maximum Gasteiger partial charge on any atom is 0.348 e. The Hall–Kier alpha value is -2.14. The number of esters is 2. The highest BCUT2D eigenvalue weighted by Crippen LogP contribution is 2.39. The zero-order chi connectivity index (χ0) is 23.0. The first kappa shape index (κ1) is 22.6. The maximum atomic E-state index is 12.6. The van der Waals surface area contributed by atoms with Gasteiger partial charge in [0.2, 0.25) is 0 Å². The predicted octanol–water partition coefficient (Wildman–Crippen LogP) is 6.38. The molecule has 33 heavy (non-hydrogen) atoms. The normalized spacial score (nSPS) is 17.2. The summed E-state index contributed by atoms with van der Waals surface area (Å²) in [4.78, 5) is 25.1. The minimum atomic E-state index is -1.06. The third-order valence-electron chi connectivity index (χ3n) is 5.95. The molecule has 0 aromatic heterocycles.